The largest absolute Gasteiger partial charge is 0.466 e. The summed E-state index contributed by atoms with van der Waals surface area (Å²) in [4.78, 5) is 30.1. The first-order valence-electron chi connectivity index (χ1n) is 9.12. The third-order valence-electron chi connectivity index (χ3n) is 4.12. The second-order valence-corrected chi connectivity index (χ2v) is 6.08. The fraction of sp³-hybridized carbons (Fsp3) is 0.450. The lowest BCUT2D eigenvalue weighted by Gasteiger charge is -2.22. The molecule has 1 heterocycles. The van der Waals surface area contributed by atoms with Crippen molar-refractivity contribution in [1.29, 1.82) is 0 Å². The van der Waals surface area contributed by atoms with E-state index in [4.69, 9.17) is 4.74 Å². The van der Waals surface area contributed by atoms with Crippen molar-refractivity contribution in [3.8, 4) is 0 Å². The summed E-state index contributed by atoms with van der Waals surface area (Å²) in [6.45, 7) is 3.96. The van der Waals surface area contributed by atoms with E-state index in [0.29, 0.717) is 32.5 Å². The van der Waals surface area contributed by atoms with Crippen LogP contribution in [0, 0.1) is 0 Å². The highest BCUT2D eigenvalue weighted by molar-refractivity contribution is 5.77. The molecule has 0 saturated heterocycles. The van der Waals surface area contributed by atoms with Gasteiger partial charge in [-0.2, -0.15) is 0 Å². The van der Waals surface area contributed by atoms with Gasteiger partial charge >= 0.3 is 5.97 Å². The molecule has 0 atom stereocenters. The molecule has 0 spiro atoms. The van der Waals surface area contributed by atoms with Gasteiger partial charge in [-0.05, 0) is 25.3 Å². The monoisotopic (exact) mass is 357 g/mol. The number of ether oxygens (including phenoxy) is 1. The van der Waals surface area contributed by atoms with Crippen LogP contribution in [0.25, 0.3) is 0 Å². The predicted octanol–water partition coefficient (Wildman–Crippen LogP) is 2.69. The van der Waals surface area contributed by atoms with Crippen LogP contribution in [-0.2, 0) is 27.3 Å². The molecule has 6 heteroatoms. The molecule has 0 saturated carbocycles. The van der Waals surface area contributed by atoms with Crippen molar-refractivity contribution in [2.75, 3.05) is 19.7 Å². The number of aromatic nitrogens is 2. The van der Waals surface area contributed by atoms with Gasteiger partial charge in [-0.3, -0.25) is 9.59 Å². The summed E-state index contributed by atoms with van der Waals surface area (Å²) in [5, 5.41) is 0. The summed E-state index contributed by atoms with van der Waals surface area (Å²) in [7, 11) is 0. The molecular formula is C20H27N3O3. The predicted molar refractivity (Wildman–Crippen MR) is 99.4 cm³/mol. The van der Waals surface area contributed by atoms with Crippen LogP contribution in [0.3, 0.4) is 0 Å². The third-order valence-corrected chi connectivity index (χ3v) is 4.12. The van der Waals surface area contributed by atoms with Crippen LogP contribution in [0.5, 0.6) is 0 Å². The Morgan fingerprint density at radius 2 is 1.96 bits per heavy atom. The molecule has 0 unspecified atom stereocenters. The lowest BCUT2D eigenvalue weighted by atomic mass is 10.1. The summed E-state index contributed by atoms with van der Waals surface area (Å²) in [6, 6.07) is 9.96. The molecule has 0 bridgehead atoms. The highest BCUT2D eigenvalue weighted by Gasteiger charge is 2.15. The highest BCUT2D eigenvalue weighted by Crippen LogP contribution is 2.07. The van der Waals surface area contributed by atoms with E-state index in [1.165, 1.54) is 0 Å². The molecule has 6 nitrogen and oxygen atoms in total. The van der Waals surface area contributed by atoms with E-state index in [1.807, 2.05) is 41.1 Å². The minimum absolute atomic E-state index is 0.0729. The van der Waals surface area contributed by atoms with Crippen LogP contribution in [0.15, 0.2) is 49.1 Å². The van der Waals surface area contributed by atoms with E-state index in [1.54, 1.807) is 24.3 Å². The molecule has 1 amide bonds. The molecule has 1 aromatic heterocycles. The van der Waals surface area contributed by atoms with Crippen molar-refractivity contribution in [2.24, 2.45) is 0 Å². The first-order valence-corrected chi connectivity index (χ1v) is 9.12. The molecule has 1 aromatic carbocycles. The molecule has 2 rings (SSSR count). The van der Waals surface area contributed by atoms with Crippen LogP contribution in [0.2, 0.25) is 0 Å². The average Bonchev–Trinajstić information content (AvgIpc) is 3.17. The van der Waals surface area contributed by atoms with E-state index in [2.05, 4.69) is 4.98 Å². The molecular weight excluding hydrogens is 330 g/mol. The fourth-order valence-corrected chi connectivity index (χ4v) is 2.74. The standard InChI is InChI=1S/C20H27N3O3/c1-2-26-20(25)11-15-23(14-6-13-22-16-12-21-17-22)19(24)10-9-18-7-4-3-5-8-18/h3-5,7-8,12,16-17H,2,6,9-11,13-15H2,1H3. The molecule has 26 heavy (non-hydrogen) atoms. The maximum Gasteiger partial charge on any atom is 0.307 e. The van der Waals surface area contributed by atoms with Crippen molar-refractivity contribution < 1.29 is 14.3 Å². The number of hydrogen-bond donors (Lipinski definition) is 0. The van der Waals surface area contributed by atoms with Crippen molar-refractivity contribution in [3.63, 3.8) is 0 Å². The Hall–Kier alpha value is -2.63. The Kier molecular flexibility index (Phi) is 8.39. The van der Waals surface area contributed by atoms with Crippen LogP contribution in [-0.4, -0.2) is 46.0 Å². The van der Waals surface area contributed by atoms with Gasteiger partial charge in [0.05, 0.1) is 19.4 Å². The maximum atomic E-state index is 12.6. The van der Waals surface area contributed by atoms with Crippen molar-refractivity contribution in [3.05, 3.63) is 54.6 Å². The second kappa shape index (κ2) is 11.1. The molecule has 0 aliphatic rings. The van der Waals surface area contributed by atoms with Crippen LogP contribution < -0.4 is 0 Å². The van der Waals surface area contributed by atoms with Gasteiger partial charge in [0.2, 0.25) is 5.91 Å². The number of imidazole rings is 1. The van der Waals surface area contributed by atoms with Gasteiger partial charge in [0, 0.05) is 38.4 Å². The van der Waals surface area contributed by atoms with Crippen LogP contribution in [0.1, 0.15) is 31.7 Å². The topological polar surface area (TPSA) is 64.4 Å². The SMILES string of the molecule is CCOC(=O)CCN(CCCn1ccnc1)C(=O)CCc1ccccc1. The van der Waals surface area contributed by atoms with Gasteiger partial charge in [0.15, 0.2) is 0 Å². The van der Waals surface area contributed by atoms with Gasteiger partial charge in [-0.15, -0.1) is 0 Å². The minimum Gasteiger partial charge on any atom is -0.466 e. The first kappa shape index (κ1) is 19.7. The number of carbonyl (C=O) groups excluding carboxylic acids is 2. The molecule has 0 radical (unpaired) electrons. The number of aryl methyl sites for hydroxylation is 2. The van der Waals surface area contributed by atoms with Crippen molar-refractivity contribution in [2.45, 2.75) is 39.2 Å². The van der Waals surface area contributed by atoms with E-state index >= 15 is 0 Å². The Labute approximate surface area is 154 Å². The van der Waals surface area contributed by atoms with Gasteiger partial charge in [-0.1, -0.05) is 30.3 Å². The molecule has 0 fully saturated rings. The summed E-state index contributed by atoms with van der Waals surface area (Å²) >= 11 is 0. The molecule has 2 aromatic rings. The maximum absolute atomic E-state index is 12.6. The van der Waals surface area contributed by atoms with E-state index in [0.717, 1.165) is 18.5 Å². The number of nitrogens with zero attached hydrogens (tertiary/aromatic N) is 3. The Balaban J connectivity index is 1.84. The van der Waals surface area contributed by atoms with Crippen molar-refractivity contribution in [1.82, 2.24) is 14.5 Å². The third kappa shape index (κ3) is 7.09. The van der Waals surface area contributed by atoms with Crippen LogP contribution in [0.4, 0.5) is 0 Å². The summed E-state index contributed by atoms with van der Waals surface area (Å²) in [5.41, 5.74) is 1.14. The summed E-state index contributed by atoms with van der Waals surface area (Å²) < 4.78 is 6.96. The Morgan fingerprint density at radius 1 is 1.15 bits per heavy atom. The number of esters is 1. The fourth-order valence-electron chi connectivity index (χ4n) is 2.74. The lowest BCUT2D eigenvalue weighted by molar-refractivity contribution is -0.144. The zero-order valence-electron chi connectivity index (χ0n) is 15.3. The molecule has 0 aliphatic heterocycles. The zero-order chi connectivity index (χ0) is 18.6. The van der Waals surface area contributed by atoms with Crippen LogP contribution >= 0.6 is 0 Å². The van der Waals surface area contributed by atoms with Gasteiger partial charge < -0.3 is 14.2 Å². The smallest absolute Gasteiger partial charge is 0.307 e. The lowest BCUT2D eigenvalue weighted by Crippen LogP contribution is -2.34. The molecule has 0 aliphatic carbocycles. The van der Waals surface area contributed by atoms with Gasteiger partial charge in [0.1, 0.15) is 0 Å². The van der Waals surface area contributed by atoms with Gasteiger partial charge in [0.25, 0.3) is 0 Å². The number of hydrogen-bond acceptors (Lipinski definition) is 4. The number of carbonyl (C=O) groups is 2. The molecule has 0 N–H and O–H groups in total. The Bertz CT molecular complexity index is 656. The number of amides is 1. The number of benzene rings is 1. The van der Waals surface area contributed by atoms with E-state index in [-0.39, 0.29) is 18.3 Å². The highest BCUT2D eigenvalue weighted by atomic mass is 16.5. The average molecular weight is 357 g/mol. The minimum atomic E-state index is -0.261. The van der Waals surface area contributed by atoms with Crippen molar-refractivity contribution >= 4 is 11.9 Å². The normalized spacial score (nSPS) is 10.5. The first-order chi connectivity index (χ1) is 12.7. The zero-order valence-corrected chi connectivity index (χ0v) is 15.3. The second-order valence-electron chi connectivity index (χ2n) is 6.08. The van der Waals surface area contributed by atoms with Gasteiger partial charge in [-0.25, -0.2) is 4.98 Å². The quantitative estimate of drug-likeness (QED) is 0.580. The number of rotatable bonds is 11. The Morgan fingerprint density at radius 3 is 2.65 bits per heavy atom. The van der Waals surface area contributed by atoms with E-state index in [9.17, 15) is 9.59 Å². The van der Waals surface area contributed by atoms with E-state index < -0.39 is 0 Å². The summed E-state index contributed by atoms with van der Waals surface area (Å²) in [5.74, 6) is -0.188. The molecule has 140 valence electrons. The summed E-state index contributed by atoms with van der Waals surface area (Å²) in [6.07, 6.45) is 7.60.